The van der Waals surface area contributed by atoms with Gasteiger partial charge in [-0.25, -0.2) is 17.2 Å². The van der Waals surface area contributed by atoms with Gasteiger partial charge in [0, 0.05) is 11.8 Å². The Labute approximate surface area is 169 Å². The molecular weight excluding hydrogens is 386 g/mol. The normalized spacial score (nSPS) is 11.5. The van der Waals surface area contributed by atoms with Crippen molar-refractivity contribution in [2.45, 2.75) is 11.8 Å². The molecule has 6 heteroatoms. The maximum Gasteiger partial charge on any atom is 0.340 e. The minimum atomic E-state index is -3.92. The van der Waals surface area contributed by atoms with Crippen molar-refractivity contribution >= 4 is 26.8 Å². The van der Waals surface area contributed by atoms with Crippen LogP contribution in [0, 0.1) is 6.92 Å². The molecule has 0 atom stereocenters. The molecule has 0 saturated heterocycles. The Morgan fingerprint density at radius 2 is 1.59 bits per heavy atom. The lowest BCUT2D eigenvalue weighted by atomic mass is 10.00. The molecule has 1 heterocycles. The quantitative estimate of drug-likeness (QED) is 0.464. The van der Waals surface area contributed by atoms with E-state index in [0.29, 0.717) is 5.56 Å². The minimum absolute atomic E-state index is 0.150. The maximum atomic E-state index is 13.4. The molecule has 0 fully saturated rings. The van der Waals surface area contributed by atoms with Gasteiger partial charge in [0.2, 0.25) is 0 Å². The second kappa shape index (κ2) is 7.22. The molecule has 0 saturated carbocycles. The van der Waals surface area contributed by atoms with Crippen LogP contribution in [-0.4, -0.2) is 25.5 Å². The summed E-state index contributed by atoms with van der Waals surface area (Å²) in [6.07, 6.45) is 1.40. The number of methoxy groups -OCH3 is 1. The molecular formula is C23H19NO4S. The summed E-state index contributed by atoms with van der Waals surface area (Å²) in [4.78, 5) is 12.6. The van der Waals surface area contributed by atoms with E-state index in [-0.39, 0.29) is 16.2 Å². The van der Waals surface area contributed by atoms with Gasteiger partial charge in [-0.05, 0) is 35.9 Å². The highest BCUT2D eigenvalue weighted by atomic mass is 32.2. The molecule has 4 aromatic rings. The lowest BCUT2D eigenvalue weighted by Gasteiger charge is -2.14. The third kappa shape index (κ3) is 3.21. The molecule has 0 aliphatic carbocycles. The summed E-state index contributed by atoms with van der Waals surface area (Å²) >= 11 is 0. The average Bonchev–Trinajstić information content (AvgIpc) is 3.19. The topological polar surface area (TPSA) is 65.4 Å². The fourth-order valence-electron chi connectivity index (χ4n) is 3.41. The Bertz CT molecular complexity index is 1310. The number of ether oxygens (including phenoxy) is 1. The van der Waals surface area contributed by atoms with Gasteiger partial charge in [0.05, 0.1) is 23.3 Å². The summed E-state index contributed by atoms with van der Waals surface area (Å²) in [6.45, 7) is 1.89. The first kappa shape index (κ1) is 19.0. The average molecular weight is 405 g/mol. The van der Waals surface area contributed by atoms with E-state index in [4.69, 9.17) is 4.74 Å². The summed E-state index contributed by atoms with van der Waals surface area (Å²) in [5, 5.41) is 1.79. The van der Waals surface area contributed by atoms with Gasteiger partial charge in [0.25, 0.3) is 10.0 Å². The number of carbonyl (C=O) groups is 1. The number of esters is 1. The van der Waals surface area contributed by atoms with Crippen molar-refractivity contribution in [3.05, 3.63) is 90.1 Å². The van der Waals surface area contributed by atoms with E-state index in [0.717, 1.165) is 20.3 Å². The molecule has 1 aromatic heterocycles. The summed E-state index contributed by atoms with van der Waals surface area (Å²) in [5.74, 6) is -0.592. The van der Waals surface area contributed by atoms with E-state index in [1.807, 2.05) is 49.4 Å². The van der Waals surface area contributed by atoms with E-state index >= 15 is 0 Å². The number of carbonyl (C=O) groups excluding carboxylic acids is 1. The zero-order chi connectivity index (χ0) is 20.6. The van der Waals surface area contributed by atoms with Crippen LogP contribution < -0.4 is 0 Å². The van der Waals surface area contributed by atoms with Crippen LogP contribution in [0.3, 0.4) is 0 Å². The fourth-order valence-corrected chi connectivity index (χ4v) is 4.77. The first-order valence-corrected chi connectivity index (χ1v) is 10.5. The van der Waals surface area contributed by atoms with Crippen molar-refractivity contribution in [3.63, 3.8) is 0 Å². The number of benzene rings is 3. The standard InChI is InChI=1S/C23H19NO4S/c1-16-10-12-18(13-11-16)29(26,27)24-15-14-21(23(25)28-2)22(24)20-9-5-7-17-6-3-4-8-19(17)20/h3-15H,1-2H3. The maximum absolute atomic E-state index is 13.4. The molecule has 5 nitrogen and oxygen atoms in total. The second-order valence-electron chi connectivity index (χ2n) is 6.71. The van der Waals surface area contributed by atoms with Crippen LogP contribution in [0.15, 0.2) is 83.9 Å². The van der Waals surface area contributed by atoms with Crippen molar-refractivity contribution in [1.82, 2.24) is 3.97 Å². The van der Waals surface area contributed by atoms with Crippen molar-refractivity contribution < 1.29 is 17.9 Å². The molecule has 0 aliphatic rings. The SMILES string of the molecule is COC(=O)c1ccn(S(=O)(=O)c2ccc(C)cc2)c1-c1cccc2ccccc12. The molecule has 3 aromatic carbocycles. The van der Waals surface area contributed by atoms with Crippen LogP contribution >= 0.6 is 0 Å². The Kier molecular flexibility index (Phi) is 4.72. The summed E-state index contributed by atoms with van der Waals surface area (Å²) < 4.78 is 32.9. The van der Waals surface area contributed by atoms with Gasteiger partial charge in [0.1, 0.15) is 0 Å². The zero-order valence-electron chi connectivity index (χ0n) is 16.0. The van der Waals surface area contributed by atoms with Crippen LogP contribution in [0.2, 0.25) is 0 Å². The van der Waals surface area contributed by atoms with Gasteiger partial charge in [-0.2, -0.15) is 0 Å². The molecule has 4 rings (SSSR count). The summed E-state index contributed by atoms with van der Waals surface area (Å²) in [7, 11) is -2.64. The lowest BCUT2D eigenvalue weighted by molar-refractivity contribution is 0.0602. The highest BCUT2D eigenvalue weighted by molar-refractivity contribution is 7.90. The molecule has 0 bridgehead atoms. The Balaban J connectivity index is 2.04. The number of fused-ring (bicyclic) bond motifs is 1. The van der Waals surface area contributed by atoms with E-state index in [9.17, 15) is 13.2 Å². The Hall–Kier alpha value is -3.38. The van der Waals surface area contributed by atoms with Crippen LogP contribution in [-0.2, 0) is 14.8 Å². The highest BCUT2D eigenvalue weighted by Gasteiger charge is 2.27. The van der Waals surface area contributed by atoms with E-state index in [2.05, 4.69) is 0 Å². The van der Waals surface area contributed by atoms with E-state index < -0.39 is 16.0 Å². The largest absolute Gasteiger partial charge is 0.465 e. The first-order valence-electron chi connectivity index (χ1n) is 9.03. The van der Waals surface area contributed by atoms with Gasteiger partial charge in [0.15, 0.2) is 0 Å². The number of hydrogen-bond donors (Lipinski definition) is 0. The van der Waals surface area contributed by atoms with Gasteiger partial charge in [-0.15, -0.1) is 0 Å². The minimum Gasteiger partial charge on any atom is -0.465 e. The van der Waals surface area contributed by atoms with Crippen molar-refractivity contribution in [3.8, 4) is 11.3 Å². The van der Waals surface area contributed by atoms with Crippen LogP contribution in [0.5, 0.6) is 0 Å². The molecule has 0 unspecified atom stereocenters. The Morgan fingerprint density at radius 1 is 0.897 bits per heavy atom. The number of nitrogens with zero attached hydrogens (tertiary/aromatic N) is 1. The molecule has 0 spiro atoms. The van der Waals surface area contributed by atoms with Crippen LogP contribution in [0.4, 0.5) is 0 Å². The smallest absolute Gasteiger partial charge is 0.340 e. The first-order chi connectivity index (χ1) is 13.9. The number of rotatable bonds is 4. The fraction of sp³-hybridized carbons (Fsp3) is 0.0870. The van der Waals surface area contributed by atoms with Crippen molar-refractivity contribution in [1.29, 1.82) is 0 Å². The lowest BCUT2D eigenvalue weighted by Crippen LogP contribution is -2.15. The zero-order valence-corrected chi connectivity index (χ0v) is 16.8. The van der Waals surface area contributed by atoms with Crippen LogP contribution in [0.25, 0.3) is 22.0 Å². The predicted molar refractivity (Wildman–Crippen MR) is 112 cm³/mol. The molecule has 0 N–H and O–H groups in total. The van der Waals surface area contributed by atoms with E-state index in [1.165, 1.54) is 19.4 Å². The predicted octanol–water partition coefficient (Wildman–Crippen LogP) is 4.64. The summed E-state index contributed by atoms with van der Waals surface area (Å²) in [6, 6.07) is 21.3. The number of aromatic nitrogens is 1. The summed E-state index contributed by atoms with van der Waals surface area (Å²) in [5.41, 5.74) is 2.08. The molecule has 29 heavy (non-hydrogen) atoms. The van der Waals surface area contributed by atoms with E-state index in [1.54, 1.807) is 24.3 Å². The third-order valence-electron chi connectivity index (χ3n) is 4.88. The molecule has 146 valence electrons. The van der Waals surface area contributed by atoms with Gasteiger partial charge >= 0.3 is 5.97 Å². The molecule has 0 amide bonds. The van der Waals surface area contributed by atoms with Crippen molar-refractivity contribution in [2.24, 2.45) is 0 Å². The second-order valence-corrected chi connectivity index (χ2v) is 8.53. The highest BCUT2D eigenvalue weighted by Crippen LogP contribution is 2.34. The Morgan fingerprint density at radius 3 is 2.31 bits per heavy atom. The van der Waals surface area contributed by atoms with Gasteiger partial charge < -0.3 is 4.74 Å². The monoisotopic (exact) mass is 405 g/mol. The third-order valence-corrected chi connectivity index (χ3v) is 6.57. The van der Waals surface area contributed by atoms with Crippen LogP contribution in [0.1, 0.15) is 15.9 Å². The van der Waals surface area contributed by atoms with Gasteiger partial charge in [-0.3, -0.25) is 0 Å². The molecule has 0 aliphatic heterocycles. The number of aryl methyl sites for hydroxylation is 1. The van der Waals surface area contributed by atoms with Crippen molar-refractivity contribution in [2.75, 3.05) is 7.11 Å². The van der Waals surface area contributed by atoms with Gasteiger partial charge in [-0.1, -0.05) is 60.2 Å². The number of hydrogen-bond acceptors (Lipinski definition) is 4. The molecule has 0 radical (unpaired) electrons.